The first-order valence-corrected chi connectivity index (χ1v) is 6.58. The second kappa shape index (κ2) is 5.65. The van der Waals surface area contributed by atoms with Gasteiger partial charge in [-0.05, 0) is 30.5 Å². The van der Waals surface area contributed by atoms with Gasteiger partial charge in [0.2, 0.25) is 0 Å². The number of aromatic nitrogens is 2. The maximum atomic E-state index is 8.63. The van der Waals surface area contributed by atoms with Crippen LogP contribution >= 0.6 is 11.8 Å². The van der Waals surface area contributed by atoms with Gasteiger partial charge in [0.25, 0.3) is 0 Å². The largest absolute Gasteiger partial charge is 0.245 e. The normalized spacial score (nSPS) is 10.1. The summed E-state index contributed by atoms with van der Waals surface area (Å²) in [5, 5.41) is 9.47. The van der Waals surface area contributed by atoms with Crippen LogP contribution < -0.4 is 0 Å². The van der Waals surface area contributed by atoms with Crippen molar-refractivity contribution in [2.75, 3.05) is 0 Å². The van der Waals surface area contributed by atoms with Crippen LogP contribution in [0.5, 0.6) is 0 Å². The van der Waals surface area contributed by atoms with Gasteiger partial charge in [0, 0.05) is 5.75 Å². The molecule has 2 aromatic rings. The van der Waals surface area contributed by atoms with Crippen molar-refractivity contribution in [3.05, 3.63) is 53.0 Å². The van der Waals surface area contributed by atoms with Gasteiger partial charge in [0.15, 0.2) is 5.69 Å². The van der Waals surface area contributed by atoms with Crippen LogP contribution in [-0.4, -0.2) is 9.97 Å². The van der Waals surface area contributed by atoms with Crippen molar-refractivity contribution in [1.82, 2.24) is 9.97 Å². The van der Waals surface area contributed by atoms with E-state index in [-0.39, 0.29) is 0 Å². The highest BCUT2D eigenvalue weighted by molar-refractivity contribution is 7.98. The number of benzene rings is 1. The van der Waals surface area contributed by atoms with Gasteiger partial charge in [-0.25, -0.2) is 9.97 Å². The number of hydrogen-bond donors (Lipinski definition) is 0. The molecule has 3 nitrogen and oxygen atoms in total. The molecule has 0 atom stereocenters. The number of aryl methyl sites for hydroxylation is 2. The van der Waals surface area contributed by atoms with Crippen LogP contribution in [-0.2, 0) is 5.75 Å². The lowest BCUT2D eigenvalue weighted by atomic mass is 10.1. The van der Waals surface area contributed by atoms with Crippen LogP contribution in [0.3, 0.4) is 0 Å². The van der Waals surface area contributed by atoms with E-state index in [2.05, 4.69) is 42.0 Å². The molecule has 1 aromatic heterocycles. The Labute approximate surface area is 111 Å². The Hall–Kier alpha value is -1.86. The first-order valence-electron chi connectivity index (χ1n) is 5.60. The molecule has 90 valence electrons. The van der Waals surface area contributed by atoms with Crippen LogP contribution in [0.4, 0.5) is 0 Å². The lowest BCUT2D eigenvalue weighted by Crippen LogP contribution is -1.89. The molecule has 0 amide bonds. The Kier molecular flexibility index (Phi) is 3.96. The zero-order valence-corrected chi connectivity index (χ0v) is 11.2. The second-order valence-electron chi connectivity index (χ2n) is 4.06. The second-order valence-corrected chi connectivity index (χ2v) is 5.05. The third-order valence-corrected chi connectivity index (χ3v) is 3.68. The Bertz CT molecular complexity index is 585. The molecule has 0 aliphatic heterocycles. The van der Waals surface area contributed by atoms with Gasteiger partial charge in [-0.3, -0.25) is 0 Å². The zero-order chi connectivity index (χ0) is 13.0. The summed E-state index contributed by atoms with van der Waals surface area (Å²) in [6.07, 6.45) is 3.15. The monoisotopic (exact) mass is 255 g/mol. The van der Waals surface area contributed by atoms with Gasteiger partial charge in [-0.2, -0.15) is 5.26 Å². The number of nitriles is 1. The summed E-state index contributed by atoms with van der Waals surface area (Å²) in [6.45, 7) is 4.23. The summed E-state index contributed by atoms with van der Waals surface area (Å²) >= 11 is 1.62. The fraction of sp³-hybridized carbons (Fsp3) is 0.214. The predicted molar refractivity (Wildman–Crippen MR) is 72.2 cm³/mol. The van der Waals surface area contributed by atoms with Gasteiger partial charge >= 0.3 is 0 Å². The Balaban J connectivity index is 2.02. The van der Waals surface area contributed by atoms with E-state index in [1.54, 1.807) is 18.0 Å². The van der Waals surface area contributed by atoms with Crippen LogP contribution in [0.2, 0.25) is 0 Å². The van der Waals surface area contributed by atoms with E-state index in [1.165, 1.54) is 22.9 Å². The van der Waals surface area contributed by atoms with Crippen LogP contribution in [0.25, 0.3) is 0 Å². The molecule has 0 fully saturated rings. The highest BCUT2D eigenvalue weighted by Crippen LogP contribution is 2.21. The molecule has 0 spiro atoms. The minimum absolute atomic E-state index is 0.352. The summed E-state index contributed by atoms with van der Waals surface area (Å²) in [5.41, 5.74) is 4.24. The fourth-order valence-corrected chi connectivity index (χ4v) is 2.25. The van der Waals surface area contributed by atoms with E-state index < -0.39 is 0 Å². The predicted octanol–water partition coefficient (Wildman–Crippen LogP) is 3.26. The standard InChI is InChI=1S/C14H13N3S/c1-10-3-4-12(5-11(10)2)9-18-14-8-16-13(6-15)7-17-14/h3-5,7-8H,9H2,1-2H3. The molecule has 0 aliphatic carbocycles. The maximum absolute atomic E-state index is 8.63. The molecular weight excluding hydrogens is 242 g/mol. The molecular formula is C14H13N3S. The van der Waals surface area contributed by atoms with E-state index in [4.69, 9.17) is 5.26 Å². The molecule has 0 radical (unpaired) electrons. The molecule has 4 heteroatoms. The minimum Gasteiger partial charge on any atom is -0.245 e. The lowest BCUT2D eigenvalue weighted by Gasteiger charge is -2.04. The molecule has 18 heavy (non-hydrogen) atoms. The number of hydrogen-bond acceptors (Lipinski definition) is 4. The summed E-state index contributed by atoms with van der Waals surface area (Å²) in [4.78, 5) is 8.18. The van der Waals surface area contributed by atoms with Gasteiger partial charge in [-0.1, -0.05) is 18.2 Å². The van der Waals surface area contributed by atoms with E-state index in [1.807, 2.05) is 6.07 Å². The van der Waals surface area contributed by atoms with Crippen molar-refractivity contribution in [3.63, 3.8) is 0 Å². The first-order chi connectivity index (χ1) is 8.69. The summed E-state index contributed by atoms with van der Waals surface area (Å²) in [7, 11) is 0. The molecule has 0 saturated heterocycles. The smallest absolute Gasteiger partial charge is 0.158 e. The summed E-state index contributed by atoms with van der Waals surface area (Å²) < 4.78 is 0. The summed E-state index contributed by atoms with van der Waals surface area (Å²) in [6, 6.07) is 8.42. The maximum Gasteiger partial charge on any atom is 0.158 e. The molecule has 2 rings (SSSR count). The fourth-order valence-electron chi connectivity index (χ4n) is 1.50. The van der Waals surface area contributed by atoms with Crippen molar-refractivity contribution in [2.45, 2.75) is 24.6 Å². The Morgan fingerprint density at radius 3 is 2.61 bits per heavy atom. The minimum atomic E-state index is 0.352. The summed E-state index contributed by atoms with van der Waals surface area (Å²) in [5.74, 6) is 0.863. The van der Waals surface area contributed by atoms with Crippen molar-refractivity contribution in [3.8, 4) is 6.07 Å². The van der Waals surface area contributed by atoms with Gasteiger partial charge < -0.3 is 0 Å². The number of thioether (sulfide) groups is 1. The van der Waals surface area contributed by atoms with Gasteiger partial charge in [0.1, 0.15) is 11.1 Å². The van der Waals surface area contributed by atoms with Crippen LogP contribution in [0, 0.1) is 25.2 Å². The Morgan fingerprint density at radius 2 is 2.00 bits per heavy atom. The van der Waals surface area contributed by atoms with E-state index in [0.717, 1.165) is 10.8 Å². The van der Waals surface area contributed by atoms with Crippen molar-refractivity contribution in [1.29, 1.82) is 5.26 Å². The molecule has 0 saturated carbocycles. The first kappa shape index (κ1) is 12.6. The topological polar surface area (TPSA) is 49.6 Å². The molecule has 1 aromatic carbocycles. The average molecular weight is 255 g/mol. The van der Waals surface area contributed by atoms with Crippen molar-refractivity contribution in [2.24, 2.45) is 0 Å². The molecule has 0 aliphatic rings. The third kappa shape index (κ3) is 3.08. The zero-order valence-electron chi connectivity index (χ0n) is 10.3. The third-order valence-electron chi connectivity index (χ3n) is 2.70. The van der Waals surface area contributed by atoms with E-state index >= 15 is 0 Å². The highest BCUT2D eigenvalue weighted by Gasteiger charge is 2.00. The average Bonchev–Trinajstić information content (AvgIpc) is 2.41. The van der Waals surface area contributed by atoms with Gasteiger partial charge in [-0.15, -0.1) is 11.8 Å². The molecule has 0 N–H and O–H groups in total. The molecule has 1 heterocycles. The van der Waals surface area contributed by atoms with E-state index in [9.17, 15) is 0 Å². The van der Waals surface area contributed by atoms with Crippen molar-refractivity contribution >= 4 is 11.8 Å². The number of rotatable bonds is 3. The van der Waals surface area contributed by atoms with Crippen molar-refractivity contribution < 1.29 is 0 Å². The van der Waals surface area contributed by atoms with E-state index in [0.29, 0.717) is 5.69 Å². The van der Waals surface area contributed by atoms with Gasteiger partial charge in [0.05, 0.1) is 12.4 Å². The van der Waals surface area contributed by atoms with Crippen LogP contribution in [0.1, 0.15) is 22.4 Å². The molecule has 0 bridgehead atoms. The highest BCUT2D eigenvalue weighted by atomic mass is 32.2. The Morgan fingerprint density at radius 1 is 1.17 bits per heavy atom. The SMILES string of the molecule is Cc1ccc(CSc2cnc(C#N)cn2)cc1C. The lowest BCUT2D eigenvalue weighted by molar-refractivity contribution is 1.04. The number of nitrogens with zero attached hydrogens (tertiary/aromatic N) is 3. The molecule has 0 unspecified atom stereocenters. The van der Waals surface area contributed by atoms with Crippen LogP contribution in [0.15, 0.2) is 35.6 Å². The quantitative estimate of drug-likeness (QED) is 0.790.